The summed E-state index contributed by atoms with van der Waals surface area (Å²) in [5.41, 5.74) is 4.84. The van der Waals surface area contributed by atoms with Crippen molar-refractivity contribution in [1.29, 1.82) is 0 Å². The lowest BCUT2D eigenvalue weighted by molar-refractivity contribution is -0.119. The first-order chi connectivity index (χ1) is 9.96. The predicted molar refractivity (Wildman–Crippen MR) is 90.6 cm³/mol. The van der Waals surface area contributed by atoms with E-state index in [-0.39, 0.29) is 30.5 Å². The Balaban J connectivity index is 0.00000484. The Bertz CT molecular complexity index is 660. The average molecular weight is 368 g/mol. The molecular weight excluding hydrogens is 345 g/mol. The van der Waals surface area contributed by atoms with E-state index in [9.17, 15) is 17.6 Å². The summed E-state index contributed by atoms with van der Waals surface area (Å²) >= 11 is 0. The highest BCUT2D eigenvalue weighted by Crippen LogP contribution is 2.21. The van der Waals surface area contributed by atoms with Crippen molar-refractivity contribution in [3.05, 3.63) is 24.0 Å². The van der Waals surface area contributed by atoms with Crippen LogP contribution in [0.5, 0.6) is 0 Å². The van der Waals surface area contributed by atoms with Crippen molar-refractivity contribution >= 4 is 34.0 Å². The number of carbonyl (C=O) groups is 1. The van der Waals surface area contributed by atoms with E-state index in [1.54, 1.807) is 27.7 Å². The molecule has 1 atom stereocenters. The van der Waals surface area contributed by atoms with Crippen molar-refractivity contribution < 1.29 is 17.6 Å². The molecule has 0 aromatic heterocycles. The molecule has 6 nitrogen and oxygen atoms in total. The van der Waals surface area contributed by atoms with Gasteiger partial charge in [0.2, 0.25) is 15.9 Å². The van der Waals surface area contributed by atoms with Crippen LogP contribution in [0.15, 0.2) is 23.1 Å². The number of sulfonamides is 1. The van der Waals surface area contributed by atoms with E-state index in [4.69, 9.17) is 5.73 Å². The van der Waals surface area contributed by atoms with Gasteiger partial charge in [0.25, 0.3) is 0 Å². The van der Waals surface area contributed by atoms with Gasteiger partial charge < -0.3 is 11.1 Å². The van der Waals surface area contributed by atoms with Crippen LogP contribution in [0.4, 0.5) is 10.1 Å². The second kappa shape index (κ2) is 8.05. The van der Waals surface area contributed by atoms with E-state index < -0.39 is 32.2 Å². The van der Waals surface area contributed by atoms with Crippen LogP contribution in [0.3, 0.4) is 0 Å². The van der Waals surface area contributed by atoms with Gasteiger partial charge in [-0.25, -0.2) is 17.5 Å². The summed E-state index contributed by atoms with van der Waals surface area (Å²) < 4.78 is 40.6. The Hall–Kier alpha value is -1.22. The number of rotatable bonds is 5. The van der Waals surface area contributed by atoms with Gasteiger partial charge in [0.1, 0.15) is 10.7 Å². The van der Waals surface area contributed by atoms with Gasteiger partial charge in [-0.3, -0.25) is 4.79 Å². The lowest BCUT2D eigenvalue weighted by atomic mass is 10.1. The molecule has 0 saturated carbocycles. The van der Waals surface area contributed by atoms with Crippen LogP contribution in [-0.2, 0) is 14.8 Å². The Morgan fingerprint density at radius 2 is 1.91 bits per heavy atom. The number of nitrogens with one attached hydrogen (secondary N) is 2. The van der Waals surface area contributed by atoms with Gasteiger partial charge in [-0.1, -0.05) is 6.92 Å². The maximum absolute atomic E-state index is 13.9. The SMILES string of the molecule is CC(CN)C(=O)Nc1ccc(F)c(S(=O)(=O)NC(C)(C)C)c1.Cl. The van der Waals surface area contributed by atoms with E-state index >= 15 is 0 Å². The predicted octanol–water partition coefficient (Wildman–Crippen LogP) is 1.86. The van der Waals surface area contributed by atoms with Gasteiger partial charge in [-0.15, -0.1) is 12.4 Å². The fourth-order valence-electron chi connectivity index (χ4n) is 1.62. The van der Waals surface area contributed by atoms with Gasteiger partial charge in [0.15, 0.2) is 0 Å². The van der Waals surface area contributed by atoms with Crippen molar-refractivity contribution in [2.24, 2.45) is 11.7 Å². The summed E-state index contributed by atoms with van der Waals surface area (Å²) in [5, 5.41) is 2.52. The van der Waals surface area contributed by atoms with Gasteiger partial charge in [0.05, 0.1) is 0 Å². The molecule has 1 aromatic rings. The summed E-state index contributed by atoms with van der Waals surface area (Å²) in [5.74, 6) is -1.68. The van der Waals surface area contributed by atoms with Crippen LogP contribution in [0.1, 0.15) is 27.7 Å². The third-order valence-electron chi connectivity index (χ3n) is 2.73. The quantitative estimate of drug-likeness (QED) is 0.739. The lowest BCUT2D eigenvalue weighted by Crippen LogP contribution is -2.40. The normalized spacial score (nSPS) is 13.1. The molecule has 0 fully saturated rings. The lowest BCUT2D eigenvalue weighted by Gasteiger charge is -2.21. The van der Waals surface area contributed by atoms with Gasteiger partial charge in [0, 0.05) is 23.7 Å². The molecule has 23 heavy (non-hydrogen) atoms. The summed E-state index contributed by atoms with van der Waals surface area (Å²) in [6.07, 6.45) is 0. The molecule has 0 heterocycles. The molecule has 0 spiro atoms. The summed E-state index contributed by atoms with van der Waals surface area (Å²) in [6.45, 7) is 6.74. The first-order valence-corrected chi connectivity index (χ1v) is 8.29. The van der Waals surface area contributed by atoms with E-state index in [2.05, 4.69) is 10.0 Å². The molecule has 0 radical (unpaired) electrons. The van der Waals surface area contributed by atoms with Crippen molar-refractivity contribution in [1.82, 2.24) is 4.72 Å². The average Bonchev–Trinajstić information content (AvgIpc) is 2.36. The molecule has 4 N–H and O–H groups in total. The molecule has 0 saturated heterocycles. The number of hydrogen-bond donors (Lipinski definition) is 3. The number of benzene rings is 1. The maximum Gasteiger partial charge on any atom is 0.244 e. The van der Waals surface area contributed by atoms with Crippen LogP contribution in [-0.4, -0.2) is 26.4 Å². The smallest absolute Gasteiger partial charge is 0.244 e. The third kappa shape index (κ3) is 6.42. The van der Waals surface area contributed by atoms with Gasteiger partial charge >= 0.3 is 0 Å². The first kappa shape index (κ1) is 21.8. The standard InChI is InChI=1S/C14H22FN3O3S.ClH/c1-9(8-16)13(19)17-10-5-6-11(15)12(7-10)22(20,21)18-14(2,3)4;/h5-7,9,18H,8,16H2,1-4H3,(H,17,19);1H. The molecule has 0 aliphatic rings. The van der Waals surface area contributed by atoms with Crippen molar-refractivity contribution in [3.8, 4) is 0 Å². The van der Waals surface area contributed by atoms with E-state index in [0.717, 1.165) is 12.1 Å². The van der Waals surface area contributed by atoms with E-state index in [1.807, 2.05) is 0 Å². The Kier molecular flexibility index (Phi) is 7.62. The number of halogens is 2. The molecule has 0 bridgehead atoms. The highest BCUT2D eigenvalue weighted by Gasteiger charge is 2.25. The zero-order chi connectivity index (χ0) is 17.1. The molecule has 1 rings (SSSR count). The number of anilines is 1. The summed E-state index contributed by atoms with van der Waals surface area (Å²) in [6, 6.07) is 3.39. The molecule has 0 aliphatic heterocycles. The van der Waals surface area contributed by atoms with Gasteiger partial charge in [-0.2, -0.15) is 0 Å². The van der Waals surface area contributed by atoms with Crippen LogP contribution in [0.25, 0.3) is 0 Å². The zero-order valence-corrected chi connectivity index (χ0v) is 15.1. The Morgan fingerprint density at radius 1 is 1.35 bits per heavy atom. The second-order valence-corrected chi connectivity index (χ2v) is 7.78. The maximum atomic E-state index is 13.9. The highest BCUT2D eigenvalue weighted by molar-refractivity contribution is 7.89. The van der Waals surface area contributed by atoms with Crippen LogP contribution in [0, 0.1) is 11.7 Å². The molecule has 0 aliphatic carbocycles. The number of carbonyl (C=O) groups excluding carboxylic acids is 1. The van der Waals surface area contributed by atoms with Crippen molar-refractivity contribution in [2.75, 3.05) is 11.9 Å². The summed E-state index contributed by atoms with van der Waals surface area (Å²) in [7, 11) is -4.03. The number of nitrogens with two attached hydrogens (primary N) is 1. The fraction of sp³-hybridized carbons (Fsp3) is 0.500. The number of hydrogen-bond acceptors (Lipinski definition) is 4. The molecule has 1 aromatic carbocycles. The fourth-order valence-corrected chi connectivity index (χ4v) is 3.14. The molecular formula is C14H23ClFN3O3S. The minimum atomic E-state index is -4.03. The third-order valence-corrected chi connectivity index (χ3v) is 4.50. The zero-order valence-electron chi connectivity index (χ0n) is 13.5. The minimum absolute atomic E-state index is 0. The summed E-state index contributed by atoms with van der Waals surface area (Å²) in [4.78, 5) is 11.3. The van der Waals surface area contributed by atoms with Crippen molar-refractivity contribution in [2.45, 2.75) is 38.1 Å². The molecule has 9 heteroatoms. The minimum Gasteiger partial charge on any atom is -0.330 e. The topological polar surface area (TPSA) is 101 Å². The van der Waals surface area contributed by atoms with Crippen LogP contribution < -0.4 is 15.8 Å². The second-order valence-electron chi connectivity index (χ2n) is 6.13. The van der Waals surface area contributed by atoms with Crippen LogP contribution in [0.2, 0.25) is 0 Å². The van der Waals surface area contributed by atoms with E-state index in [0.29, 0.717) is 0 Å². The first-order valence-electron chi connectivity index (χ1n) is 6.81. The monoisotopic (exact) mass is 367 g/mol. The molecule has 1 unspecified atom stereocenters. The van der Waals surface area contributed by atoms with E-state index in [1.165, 1.54) is 6.07 Å². The number of amides is 1. The van der Waals surface area contributed by atoms with Gasteiger partial charge in [-0.05, 0) is 39.0 Å². The molecule has 1 amide bonds. The van der Waals surface area contributed by atoms with Crippen LogP contribution >= 0.6 is 12.4 Å². The highest BCUT2D eigenvalue weighted by atomic mass is 35.5. The Morgan fingerprint density at radius 3 is 2.39 bits per heavy atom. The largest absolute Gasteiger partial charge is 0.330 e. The Labute approximate surface area is 142 Å². The molecule has 132 valence electrons. The van der Waals surface area contributed by atoms with Crippen molar-refractivity contribution in [3.63, 3.8) is 0 Å².